The summed E-state index contributed by atoms with van der Waals surface area (Å²) in [6.45, 7) is 1.14. The van der Waals surface area contributed by atoms with Gasteiger partial charge in [-0.2, -0.15) is 0 Å². The molecule has 1 N–H and O–H groups in total. The minimum absolute atomic E-state index is 0.0812. The van der Waals surface area contributed by atoms with Gasteiger partial charge in [-0.25, -0.2) is 9.18 Å². The van der Waals surface area contributed by atoms with Gasteiger partial charge in [-0.15, -0.1) is 0 Å². The SMILES string of the molecule is CCOc1cc(C(=O)OCC(=O)NCc2ccccc2F)c([N+](=O)[O-])cc1OC. The molecule has 0 aliphatic rings. The molecule has 0 saturated heterocycles. The van der Waals surface area contributed by atoms with E-state index in [1.54, 1.807) is 13.0 Å². The molecule has 0 heterocycles. The van der Waals surface area contributed by atoms with Gasteiger partial charge in [0.1, 0.15) is 11.4 Å². The normalized spacial score (nSPS) is 10.2. The molecular weight excluding hydrogens is 387 g/mol. The zero-order valence-corrected chi connectivity index (χ0v) is 15.8. The third kappa shape index (κ3) is 5.64. The molecule has 2 rings (SSSR count). The van der Waals surface area contributed by atoms with Gasteiger partial charge in [-0.3, -0.25) is 14.9 Å². The maximum atomic E-state index is 13.5. The van der Waals surface area contributed by atoms with E-state index in [0.717, 1.165) is 12.1 Å². The molecule has 0 aromatic heterocycles. The number of nitrogens with zero attached hydrogens (tertiary/aromatic N) is 1. The molecule has 29 heavy (non-hydrogen) atoms. The van der Waals surface area contributed by atoms with E-state index in [2.05, 4.69) is 5.32 Å². The van der Waals surface area contributed by atoms with Crippen molar-refractivity contribution in [2.75, 3.05) is 20.3 Å². The van der Waals surface area contributed by atoms with Gasteiger partial charge in [0.15, 0.2) is 18.1 Å². The number of hydrogen-bond acceptors (Lipinski definition) is 7. The van der Waals surface area contributed by atoms with Crippen molar-refractivity contribution < 1.29 is 33.1 Å². The Morgan fingerprint density at radius 2 is 1.93 bits per heavy atom. The molecule has 10 heteroatoms. The topological polar surface area (TPSA) is 117 Å². The highest BCUT2D eigenvalue weighted by Crippen LogP contribution is 2.35. The van der Waals surface area contributed by atoms with Crippen LogP contribution in [0.4, 0.5) is 10.1 Å². The third-order valence-electron chi connectivity index (χ3n) is 3.77. The molecule has 0 aliphatic heterocycles. The van der Waals surface area contributed by atoms with Gasteiger partial charge in [-0.05, 0) is 13.0 Å². The number of hydrogen-bond donors (Lipinski definition) is 1. The number of carbonyl (C=O) groups excluding carboxylic acids is 2. The van der Waals surface area contributed by atoms with Gasteiger partial charge < -0.3 is 19.5 Å². The predicted octanol–water partition coefficient (Wildman–Crippen LogP) is 2.61. The van der Waals surface area contributed by atoms with Crippen LogP contribution < -0.4 is 14.8 Å². The number of methoxy groups -OCH3 is 1. The second-order valence-corrected chi connectivity index (χ2v) is 5.65. The Hall–Kier alpha value is -3.69. The first-order chi connectivity index (χ1) is 13.9. The predicted molar refractivity (Wildman–Crippen MR) is 99.3 cm³/mol. The molecule has 0 saturated carbocycles. The van der Waals surface area contributed by atoms with Crippen LogP contribution in [-0.2, 0) is 16.1 Å². The van der Waals surface area contributed by atoms with Gasteiger partial charge >= 0.3 is 5.97 Å². The van der Waals surface area contributed by atoms with Crippen molar-refractivity contribution in [3.63, 3.8) is 0 Å². The summed E-state index contributed by atoms with van der Waals surface area (Å²) < 4.78 is 28.7. The summed E-state index contributed by atoms with van der Waals surface area (Å²) in [4.78, 5) is 34.7. The van der Waals surface area contributed by atoms with Gasteiger partial charge in [0, 0.05) is 18.2 Å². The second kappa shape index (κ2) is 10.0. The Labute approximate surface area is 165 Å². The number of halogens is 1. The number of esters is 1. The monoisotopic (exact) mass is 406 g/mol. The highest BCUT2D eigenvalue weighted by molar-refractivity contribution is 5.96. The van der Waals surface area contributed by atoms with Crippen molar-refractivity contribution in [2.45, 2.75) is 13.5 Å². The molecule has 154 valence electrons. The number of ether oxygens (including phenoxy) is 3. The Morgan fingerprint density at radius 3 is 2.55 bits per heavy atom. The number of carbonyl (C=O) groups is 2. The van der Waals surface area contributed by atoms with Crippen molar-refractivity contribution in [3.05, 3.63) is 63.5 Å². The highest BCUT2D eigenvalue weighted by atomic mass is 19.1. The number of benzene rings is 2. The van der Waals surface area contributed by atoms with Crippen LogP contribution in [0.15, 0.2) is 36.4 Å². The summed E-state index contributed by atoms with van der Waals surface area (Å²) in [5, 5.41) is 13.7. The number of nitro groups is 1. The molecule has 9 nitrogen and oxygen atoms in total. The van der Waals surface area contributed by atoms with Crippen LogP contribution in [-0.4, -0.2) is 37.1 Å². The molecule has 0 unspecified atom stereocenters. The first kappa shape index (κ1) is 21.6. The quantitative estimate of drug-likeness (QED) is 0.386. The number of nitrogens with one attached hydrogen (secondary N) is 1. The average Bonchev–Trinajstić information content (AvgIpc) is 2.71. The van der Waals surface area contributed by atoms with Crippen LogP contribution in [0.25, 0.3) is 0 Å². The molecular formula is C19H19FN2O7. The van der Waals surface area contributed by atoms with E-state index in [-0.39, 0.29) is 35.8 Å². The molecule has 2 aromatic carbocycles. The lowest BCUT2D eigenvalue weighted by Gasteiger charge is -2.12. The van der Waals surface area contributed by atoms with E-state index in [9.17, 15) is 24.1 Å². The molecule has 0 atom stereocenters. The summed E-state index contributed by atoms with van der Waals surface area (Å²) in [6.07, 6.45) is 0. The highest BCUT2D eigenvalue weighted by Gasteiger charge is 2.26. The van der Waals surface area contributed by atoms with E-state index < -0.39 is 34.9 Å². The lowest BCUT2D eigenvalue weighted by Crippen LogP contribution is -2.28. The smallest absolute Gasteiger partial charge is 0.345 e. The number of amides is 1. The average molecular weight is 406 g/mol. The zero-order valence-electron chi connectivity index (χ0n) is 15.8. The maximum Gasteiger partial charge on any atom is 0.345 e. The standard InChI is InChI=1S/C19H19FN2O7/c1-3-28-17-8-13(15(22(25)26)9-16(17)27-2)19(24)29-11-18(23)21-10-12-6-4-5-7-14(12)20/h4-9H,3,10-11H2,1-2H3,(H,21,23). The Kier molecular flexibility index (Phi) is 7.47. The van der Waals surface area contributed by atoms with Crippen LogP contribution in [0.3, 0.4) is 0 Å². The van der Waals surface area contributed by atoms with Crippen LogP contribution in [0.2, 0.25) is 0 Å². The van der Waals surface area contributed by atoms with E-state index >= 15 is 0 Å². The fraction of sp³-hybridized carbons (Fsp3) is 0.263. The summed E-state index contributed by atoms with van der Waals surface area (Å²) >= 11 is 0. The van der Waals surface area contributed by atoms with E-state index in [1.807, 2.05) is 0 Å². The summed E-state index contributed by atoms with van der Waals surface area (Å²) in [5.41, 5.74) is -0.678. The Balaban J connectivity index is 2.07. The maximum absolute atomic E-state index is 13.5. The molecule has 0 bridgehead atoms. The van der Waals surface area contributed by atoms with E-state index in [0.29, 0.717) is 0 Å². The number of rotatable bonds is 9. The summed E-state index contributed by atoms with van der Waals surface area (Å²) in [7, 11) is 1.31. The van der Waals surface area contributed by atoms with Crippen molar-refractivity contribution in [1.82, 2.24) is 5.32 Å². The first-order valence-corrected chi connectivity index (χ1v) is 8.53. The second-order valence-electron chi connectivity index (χ2n) is 5.65. The van der Waals surface area contributed by atoms with Crippen molar-refractivity contribution >= 4 is 17.6 Å². The van der Waals surface area contributed by atoms with Gasteiger partial charge in [0.25, 0.3) is 11.6 Å². The Bertz CT molecular complexity index is 917. The van der Waals surface area contributed by atoms with Crippen LogP contribution >= 0.6 is 0 Å². The first-order valence-electron chi connectivity index (χ1n) is 8.53. The largest absolute Gasteiger partial charge is 0.493 e. The van der Waals surface area contributed by atoms with Crippen LogP contribution in [0.1, 0.15) is 22.8 Å². The summed E-state index contributed by atoms with van der Waals surface area (Å²) in [5.74, 6) is -2.06. The summed E-state index contributed by atoms with van der Waals surface area (Å²) in [6, 6.07) is 8.04. The minimum atomic E-state index is -1.08. The molecule has 0 spiro atoms. The lowest BCUT2D eigenvalue weighted by molar-refractivity contribution is -0.385. The fourth-order valence-corrected chi connectivity index (χ4v) is 2.39. The molecule has 2 aromatic rings. The van der Waals surface area contributed by atoms with Crippen LogP contribution in [0, 0.1) is 15.9 Å². The number of nitro benzene ring substituents is 1. The third-order valence-corrected chi connectivity index (χ3v) is 3.77. The lowest BCUT2D eigenvalue weighted by atomic mass is 10.1. The van der Waals surface area contributed by atoms with E-state index in [4.69, 9.17) is 14.2 Å². The Morgan fingerprint density at radius 1 is 1.21 bits per heavy atom. The van der Waals surface area contributed by atoms with Crippen LogP contribution in [0.5, 0.6) is 11.5 Å². The molecule has 0 fully saturated rings. The minimum Gasteiger partial charge on any atom is -0.493 e. The van der Waals surface area contributed by atoms with E-state index in [1.165, 1.54) is 25.3 Å². The van der Waals surface area contributed by atoms with Gasteiger partial charge in [0.05, 0.1) is 24.7 Å². The van der Waals surface area contributed by atoms with Gasteiger partial charge in [0.2, 0.25) is 0 Å². The van der Waals surface area contributed by atoms with Crippen molar-refractivity contribution in [3.8, 4) is 11.5 Å². The molecule has 0 aliphatic carbocycles. The van der Waals surface area contributed by atoms with Crippen molar-refractivity contribution in [1.29, 1.82) is 0 Å². The molecule has 0 radical (unpaired) electrons. The molecule has 1 amide bonds. The fourth-order valence-electron chi connectivity index (χ4n) is 2.39. The zero-order chi connectivity index (χ0) is 21.4. The van der Waals surface area contributed by atoms with Crippen molar-refractivity contribution in [2.24, 2.45) is 0 Å². The van der Waals surface area contributed by atoms with Gasteiger partial charge in [-0.1, -0.05) is 18.2 Å².